The van der Waals surface area contributed by atoms with Gasteiger partial charge in [-0.05, 0) is 48.6 Å². The van der Waals surface area contributed by atoms with E-state index in [0.717, 1.165) is 25.0 Å². The first-order chi connectivity index (χ1) is 8.77. The zero-order valence-corrected chi connectivity index (χ0v) is 10.6. The summed E-state index contributed by atoms with van der Waals surface area (Å²) in [6.07, 6.45) is 5.66. The van der Waals surface area contributed by atoms with Crippen molar-refractivity contribution in [2.45, 2.75) is 31.3 Å². The van der Waals surface area contributed by atoms with Crippen LogP contribution in [0.5, 0.6) is 0 Å². The number of hydrogen-bond acceptors (Lipinski definition) is 3. The summed E-state index contributed by atoms with van der Waals surface area (Å²) in [5.41, 5.74) is 2.88. The fourth-order valence-electron chi connectivity index (χ4n) is 2.68. The van der Waals surface area contributed by atoms with Gasteiger partial charge < -0.3 is 9.52 Å². The molecule has 4 heteroatoms. The fraction of sp³-hybridized carbons (Fsp3) is 0.357. The fourth-order valence-corrected chi connectivity index (χ4v) is 2.91. The van der Waals surface area contributed by atoms with Gasteiger partial charge in [-0.2, -0.15) is 0 Å². The van der Waals surface area contributed by atoms with Crippen LogP contribution in [-0.4, -0.2) is 10.1 Å². The molecule has 2 unspecified atom stereocenters. The zero-order chi connectivity index (χ0) is 12.5. The van der Waals surface area contributed by atoms with Gasteiger partial charge in [-0.15, -0.1) is 0 Å². The maximum Gasteiger partial charge on any atom is 0.198 e. The molecule has 0 bridgehead atoms. The molecule has 3 rings (SSSR count). The highest BCUT2D eigenvalue weighted by atomic mass is 35.5. The molecule has 0 amide bonds. The summed E-state index contributed by atoms with van der Waals surface area (Å²) in [7, 11) is 0. The molecule has 94 valence electrons. The van der Waals surface area contributed by atoms with Crippen molar-refractivity contribution in [2.24, 2.45) is 0 Å². The Morgan fingerprint density at radius 1 is 1.44 bits per heavy atom. The second kappa shape index (κ2) is 4.75. The number of aryl methyl sites for hydroxylation is 1. The Balaban J connectivity index is 1.97. The van der Waals surface area contributed by atoms with Crippen molar-refractivity contribution < 1.29 is 9.52 Å². The molecule has 1 aliphatic rings. The summed E-state index contributed by atoms with van der Waals surface area (Å²) in [5.74, 6) is 0.00468. The quantitative estimate of drug-likeness (QED) is 0.902. The Labute approximate surface area is 110 Å². The molecule has 0 aliphatic heterocycles. The minimum Gasteiger partial charge on any atom is -0.453 e. The number of furan rings is 1. The lowest BCUT2D eigenvalue weighted by molar-refractivity contribution is 0.133. The van der Waals surface area contributed by atoms with Gasteiger partial charge in [-0.25, -0.2) is 0 Å². The van der Waals surface area contributed by atoms with Crippen LogP contribution in [0.15, 0.2) is 35.1 Å². The summed E-state index contributed by atoms with van der Waals surface area (Å²) in [4.78, 5) is 4.43. The van der Waals surface area contributed by atoms with Crippen LogP contribution < -0.4 is 0 Å². The van der Waals surface area contributed by atoms with Crippen LogP contribution in [0.3, 0.4) is 0 Å². The first kappa shape index (κ1) is 11.8. The van der Waals surface area contributed by atoms with Crippen LogP contribution in [0.4, 0.5) is 0 Å². The van der Waals surface area contributed by atoms with Crippen LogP contribution in [-0.2, 0) is 6.42 Å². The van der Waals surface area contributed by atoms with Gasteiger partial charge in [-0.1, -0.05) is 6.07 Å². The third-order valence-electron chi connectivity index (χ3n) is 3.58. The van der Waals surface area contributed by atoms with E-state index in [2.05, 4.69) is 11.1 Å². The average Bonchev–Trinajstić information content (AvgIpc) is 2.83. The third-order valence-corrected chi connectivity index (χ3v) is 3.89. The summed E-state index contributed by atoms with van der Waals surface area (Å²) in [6.45, 7) is 0. The minimum absolute atomic E-state index is 0.00468. The summed E-state index contributed by atoms with van der Waals surface area (Å²) in [5, 5.41) is 10.7. The molecule has 2 heterocycles. The number of aromatic nitrogens is 1. The molecule has 3 nitrogen and oxygen atoms in total. The van der Waals surface area contributed by atoms with E-state index in [0.29, 0.717) is 5.56 Å². The second-order valence-corrected chi connectivity index (χ2v) is 4.98. The summed E-state index contributed by atoms with van der Waals surface area (Å²) in [6, 6.07) is 5.75. The molecule has 2 aromatic rings. The number of halogens is 1. The molecule has 0 fully saturated rings. The van der Waals surface area contributed by atoms with Crippen molar-refractivity contribution >= 4 is 11.6 Å². The van der Waals surface area contributed by atoms with E-state index in [1.807, 2.05) is 6.07 Å². The Morgan fingerprint density at radius 2 is 2.33 bits per heavy atom. The maximum absolute atomic E-state index is 10.5. The van der Waals surface area contributed by atoms with E-state index in [1.165, 1.54) is 11.8 Å². The first-order valence-electron chi connectivity index (χ1n) is 6.12. The zero-order valence-electron chi connectivity index (χ0n) is 9.84. The molecule has 1 N–H and O–H groups in total. The highest BCUT2D eigenvalue weighted by molar-refractivity contribution is 6.29. The number of aliphatic hydroxyl groups is 1. The molecule has 0 radical (unpaired) electrons. The van der Waals surface area contributed by atoms with Crippen LogP contribution in [0.25, 0.3) is 0 Å². The normalized spacial score (nSPS) is 20.4. The van der Waals surface area contributed by atoms with Gasteiger partial charge in [0, 0.05) is 23.4 Å². The van der Waals surface area contributed by atoms with Crippen LogP contribution >= 0.6 is 11.6 Å². The van der Waals surface area contributed by atoms with Gasteiger partial charge in [0.15, 0.2) is 5.22 Å². The van der Waals surface area contributed by atoms with Crippen molar-refractivity contribution in [3.05, 3.63) is 52.7 Å². The standard InChI is InChI=1S/C14H14ClNO2/c15-14-11(6-8-18-14)13(17)10-5-1-3-9-4-2-7-16-12(9)10/h2,4,6-8,10,13,17H,1,3,5H2. The summed E-state index contributed by atoms with van der Waals surface area (Å²) >= 11 is 5.93. The molecule has 0 saturated heterocycles. The minimum atomic E-state index is -0.648. The van der Waals surface area contributed by atoms with E-state index in [4.69, 9.17) is 16.0 Å². The topological polar surface area (TPSA) is 46.3 Å². The number of fused-ring (bicyclic) bond motifs is 1. The lowest BCUT2D eigenvalue weighted by Crippen LogP contribution is -2.18. The molecule has 0 saturated carbocycles. The van der Waals surface area contributed by atoms with Gasteiger partial charge >= 0.3 is 0 Å². The third kappa shape index (κ3) is 1.93. The number of nitrogens with zero attached hydrogens (tertiary/aromatic N) is 1. The molecular weight excluding hydrogens is 250 g/mol. The smallest absolute Gasteiger partial charge is 0.198 e. The number of rotatable bonds is 2. The van der Waals surface area contributed by atoms with E-state index in [1.54, 1.807) is 12.3 Å². The van der Waals surface area contributed by atoms with Gasteiger partial charge in [0.2, 0.25) is 0 Å². The lowest BCUT2D eigenvalue weighted by atomic mass is 9.81. The van der Waals surface area contributed by atoms with Crippen LogP contribution in [0.2, 0.25) is 5.22 Å². The van der Waals surface area contributed by atoms with E-state index in [-0.39, 0.29) is 11.1 Å². The largest absolute Gasteiger partial charge is 0.453 e. The SMILES string of the molecule is OC(c1ccoc1Cl)C1CCCc2cccnc21. The lowest BCUT2D eigenvalue weighted by Gasteiger charge is -2.27. The molecule has 2 atom stereocenters. The Morgan fingerprint density at radius 3 is 3.11 bits per heavy atom. The van der Waals surface area contributed by atoms with Crippen molar-refractivity contribution in [3.8, 4) is 0 Å². The monoisotopic (exact) mass is 263 g/mol. The van der Waals surface area contributed by atoms with Crippen molar-refractivity contribution in [2.75, 3.05) is 0 Å². The average molecular weight is 264 g/mol. The molecule has 18 heavy (non-hydrogen) atoms. The van der Waals surface area contributed by atoms with Gasteiger partial charge in [0.05, 0.1) is 12.4 Å². The van der Waals surface area contributed by atoms with Gasteiger partial charge in [0.1, 0.15) is 0 Å². The van der Waals surface area contributed by atoms with E-state index < -0.39 is 6.10 Å². The maximum atomic E-state index is 10.5. The van der Waals surface area contributed by atoms with Gasteiger partial charge in [0.25, 0.3) is 0 Å². The Kier molecular flexibility index (Phi) is 3.10. The highest BCUT2D eigenvalue weighted by Crippen LogP contribution is 2.41. The number of hydrogen-bond donors (Lipinski definition) is 1. The molecule has 0 spiro atoms. The Bertz CT molecular complexity index is 552. The van der Waals surface area contributed by atoms with Gasteiger partial charge in [-0.3, -0.25) is 4.98 Å². The predicted molar refractivity (Wildman–Crippen MR) is 68.6 cm³/mol. The van der Waals surface area contributed by atoms with Crippen LogP contribution in [0.1, 0.15) is 41.7 Å². The molecule has 2 aromatic heterocycles. The predicted octanol–water partition coefficient (Wildman–Crippen LogP) is 3.48. The number of aliphatic hydroxyl groups excluding tert-OH is 1. The second-order valence-electron chi connectivity index (χ2n) is 4.64. The number of pyridine rings is 1. The first-order valence-corrected chi connectivity index (χ1v) is 6.50. The van der Waals surface area contributed by atoms with Crippen molar-refractivity contribution in [3.63, 3.8) is 0 Å². The van der Waals surface area contributed by atoms with Crippen LogP contribution in [0, 0.1) is 0 Å². The summed E-state index contributed by atoms with van der Waals surface area (Å²) < 4.78 is 5.05. The van der Waals surface area contributed by atoms with Crippen molar-refractivity contribution in [1.82, 2.24) is 4.98 Å². The van der Waals surface area contributed by atoms with E-state index >= 15 is 0 Å². The van der Waals surface area contributed by atoms with E-state index in [9.17, 15) is 5.11 Å². The molecule has 1 aliphatic carbocycles. The molecule has 0 aromatic carbocycles. The highest BCUT2D eigenvalue weighted by Gasteiger charge is 2.30. The molecular formula is C14H14ClNO2. The van der Waals surface area contributed by atoms with Crippen molar-refractivity contribution in [1.29, 1.82) is 0 Å². The Hall–Kier alpha value is -1.32.